The molecule has 2 saturated carbocycles. The SMILES string of the molecule is CC1(C)[C@@H]2CC[C@@]1(CS(=O)(=O)N1CCN(c3ncc(Br)cn3)CC1)C(=O)C2. The summed E-state index contributed by atoms with van der Waals surface area (Å²) in [6.45, 7) is 6.05. The van der Waals surface area contributed by atoms with Gasteiger partial charge < -0.3 is 4.90 Å². The van der Waals surface area contributed by atoms with E-state index in [4.69, 9.17) is 0 Å². The second-order valence-corrected chi connectivity index (χ2v) is 11.4. The van der Waals surface area contributed by atoms with E-state index in [1.165, 1.54) is 0 Å². The van der Waals surface area contributed by atoms with E-state index in [1.54, 1.807) is 16.7 Å². The molecule has 3 aliphatic rings. The van der Waals surface area contributed by atoms with Crippen LogP contribution in [0, 0.1) is 16.7 Å². The van der Waals surface area contributed by atoms with Crippen LogP contribution >= 0.6 is 15.9 Å². The van der Waals surface area contributed by atoms with Crippen LogP contribution in [0.25, 0.3) is 0 Å². The first-order valence-corrected chi connectivity index (χ1v) is 11.8. The van der Waals surface area contributed by atoms with Gasteiger partial charge in [0, 0.05) is 50.4 Å². The molecule has 0 unspecified atom stereocenters. The number of sulfonamides is 1. The van der Waals surface area contributed by atoms with Crippen LogP contribution in [0.15, 0.2) is 16.9 Å². The average Bonchev–Trinajstić information content (AvgIpc) is 2.96. The summed E-state index contributed by atoms with van der Waals surface area (Å²) in [5.41, 5.74) is -0.938. The summed E-state index contributed by atoms with van der Waals surface area (Å²) in [6, 6.07) is 0. The summed E-state index contributed by atoms with van der Waals surface area (Å²) >= 11 is 3.32. The lowest BCUT2D eigenvalue weighted by molar-refractivity contribution is -0.128. The highest BCUT2D eigenvalue weighted by molar-refractivity contribution is 9.10. The molecule has 7 nitrogen and oxygen atoms in total. The summed E-state index contributed by atoms with van der Waals surface area (Å²) in [4.78, 5) is 23.3. The first kappa shape index (κ1) is 19.3. The van der Waals surface area contributed by atoms with Gasteiger partial charge in [0.15, 0.2) is 0 Å². The Hall–Kier alpha value is -1.06. The standard InChI is InChI=1S/C18H25BrN4O3S/c1-17(2)13-3-4-18(17,15(24)9-13)12-27(25,26)23-7-5-22(6-8-23)16-20-10-14(19)11-21-16/h10-11,13H,3-9,12H2,1-2H3/t13-,18-/m1/s1. The fourth-order valence-corrected chi connectivity index (χ4v) is 7.55. The van der Waals surface area contributed by atoms with Gasteiger partial charge in [0.2, 0.25) is 16.0 Å². The van der Waals surface area contributed by atoms with E-state index < -0.39 is 15.4 Å². The van der Waals surface area contributed by atoms with Crippen LogP contribution in [-0.4, -0.2) is 60.4 Å². The number of anilines is 1. The van der Waals surface area contributed by atoms with Crippen LogP contribution in [0.3, 0.4) is 0 Å². The predicted molar refractivity (Wildman–Crippen MR) is 106 cm³/mol. The number of carbonyl (C=O) groups is 1. The molecular formula is C18H25BrN4O3S. The van der Waals surface area contributed by atoms with Gasteiger partial charge in [0.1, 0.15) is 5.78 Å². The zero-order chi connectivity index (χ0) is 19.4. The zero-order valence-electron chi connectivity index (χ0n) is 15.7. The number of rotatable bonds is 4. The third kappa shape index (κ3) is 3.02. The summed E-state index contributed by atoms with van der Waals surface area (Å²) < 4.78 is 28.7. The molecule has 2 bridgehead atoms. The van der Waals surface area contributed by atoms with Crippen LogP contribution in [0.5, 0.6) is 0 Å². The number of nitrogens with zero attached hydrogens (tertiary/aromatic N) is 4. The molecule has 148 valence electrons. The van der Waals surface area contributed by atoms with Crippen molar-refractivity contribution in [3.05, 3.63) is 16.9 Å². The van der Waals surface area contributed by atoms with Crippen LogP contribution < -0.4 is 4.90 Å². The Balaban J connectivity index is 1.46. The number of piperazine rings is 1. The normalized spacial score (nSPS) is 30.9. The minimum absolute atomic E-state index is 0.0445. The molecule has 1 saturated heterocycles. The molecule has 1 aromatic rings. The third-order valence-electron chi connectivity index (χ3n) is 7.09. The number of halogens is 1. The molecule has 1 aliphatic heterocycles. The highest BCUT2D eigenvalue weighted by Gasteiger charge is 2.65. The van der Waals surface area contributed by atoms with E-state index in [0.29, 0.717) is 50.9 Å². The second-order valence-electron chi connectivity index (χ2n) is 8.51. The van der Waals surface area contributed by atoms with Gasteiger partial charge in [-0.25, -0.2) is 18.4 Å². The zero-order valence-corrected chi connectivity index (χ0v) is 18.1. The van der Waals surface area contributed by atoms with Gasteiger partial charge in [-0.15, -0.1) is 0 Å². The lowest BCUT2D eigenvalue weighted by atomic mass is 9.70. The summed E-state index contributed by atoms with van der Waals surface area (Å²) in [5, 5.41) is 0. The molecule has 0 aromatic carbocycles. The van der Waals surface area contributed by atoms with E-state index in [-0.39, 0.29) is 17.0 Å². The monoisotopic (exact) mass is 456 g/mol. The highest BCUT2D eigenvalue weighted by Crippen LogP contribution is 2.64. The first-order chi connectivity index (χ1) is 12.7. The molecular weight excluding hydrogens is 432 g/mol. The van der Waals surface area contributed by atoms with E-state index in [0.717, 1.165) is 10.9 Å². The van der Waals surface area contributed by atoms with E-state index in [9.17, 15) is 13.2 Å². The lowest BCUT2D eigenvalue weighted by Gasteiger charge is -2.39. The van der Waals surface area contributed by atoms with Crippen LogP contribution in [0.1, 0.15) is 33.1 Å². The summed E-state index contributed by atoms with van der Waals surface area (Å²) in [7, 11) is -3.49. The quantitative estimate of drug-likeness (QED) is 0.689. The predicted octanol–water partition coefficient (Wildman–Crippen LogP) is 2.09. The largest absolute Gasteiger partial charge is 0.338 e. The van der Waals surface area contributed by atoms with Crippen molar-refractivity contribution in [1.29, 1.82) is 0 Å². The summed E-state index contributed by atoms with van der Waals surface area (Å²) in [6.07, 6.45) is 5.58. The molecule has 0 N–H and O–H groups in total. The van der Waals surface area contributed by atoms with E-state index in [1.807, 2.05) is 4.90 Å². The minimum Gasteiger partial charge on any atom is -0.338 e. The number of ketones is 1. The number of fused-ring (bicyclic) bond motifs is 2. The van der Waals surface area contributed by atoms with Crippen molar-refractivity contribution in [1.82, 2.24) is 14.3 Å². The number of carbonyl (C=O) groups excluding carboxylic acids is 1. The number of hydrogen-bond acceptors (Lipinski definition) is 6. The molecule has 0 spiro atoms. The number of aromatic nitrogens is 2. The molecule has 0 amide bonds. The Labute approximate surface area is 168 Å². The van der Waals surface area contributed by atoms with Gasteiger partial charge in [-0.05, 0) is 40.1 Å². The van der Waals surface area contributed by atoms with E-state index >= 15 is 0 Å². The van der Waals surface area contributed by atoms with Crippen LogP contribution in [-0.2, 0) is 14.8 Å². The Morgan fingerprint density at radius 3 is 2.33 bits per heavy atom. The maximum Gasteiger partial charge on any atom is 0.225 e. The average molecular weight is 457 g/mol. The van der Waals surface area contributed by atoms with Gasteiger partial charge in [-0.2, -0.15) is 4.31 Å². The van der Waals surface area contributed by atoms with Gasteiger partial charge in [0.25, 0.3) is 0 Å². The van der Waals surface area contributed by atoms with Crippen molar-refractivity contribution in [2.75, 3.05) is 36.8 Å². The fraction of sp³-hybridized carbons (Fsp3) is 0.722. The molecule has 27 heavy (non-hydrogen) atoms. The van der Waals surface area contributed by atoms with Crippen LogP contribution in [0.2, 0.25) is 0 Å². The molecule has 1 aromatic heterocycles. The molecule has 2 heterocycles. The maximum absolute atomic E-state index is 13.2. The summed E-state index contributed by atoms with van der Waals surface area (Å²) in [5.74, 6) is 1.04. The first-order valence-electron chi connectivity index (χ1n) is 9.39. The molecule has 3 fully saturated rings. The number of Topliss-reactive ketones (excluding diaryl/α,β-unsaturated/α-hetero) is 1. The maximum atomic E-state index is 13.2. The lowest BCUT2D eigenvalue weighted by Crippen LogP contribution is -2.53. The molecule has 2 atom stereocenters. The third-order valence-corrected chi connectivity index (χ3v) is 9.51. The Morgan fingerprint density at radius 2 is 1.81 bits per heavy atom. The van der Waals surface area contributed by atoms with Crippen molar-refractivity contribution in [2.24, 2.45) is 16.7 Å². The number of hydrogen-bond donors (Lipinski definition) is 0. The van der Waals surface area contributed by atoms with Gasteiger partial charge >= 0.3 is 0 Å². The highest BCUT2D eigenvalue weighted by atomic mass is 79.9. The fourth-order valence-electron chi connectivity index (χ4n) is 5.15. The van der Waals surface area contributed by atoms with Gasteiger partial charge in [-0.1, -0.05) is 13.8 Å². The Morgan fingerprint density at radius 1 is 1.19 bits per heavy atom. The molecule has 0 radical (unpaired) electrons. The van der Waals surface area contributed by atoms with Crippen molar-refractivity contribution in [2.45, 2.75) is 33.1 Å². The van der Waals surface area contributed by atoms with Crippen molar-refractivity contribution in [3.63, 3.8) is 0 Å². The Kier molecular flexibility index (Phi) is 4.63. The van der Waals surface area contributed by atoms with Crippen molar-refractivity contribution >= 4 is 37.7 Å². The Bertz CT molecular complexity index is 850. The van der Waals surface area contributed by atoms with Gasteiger partial charge in [-0.3, -0.25) is 4.79 Å². The topological polar surface area (TPSA) is 83.5 Å². The van der Waals surface area contributed by atoms with Crippen molar-refractivity contribution in [3.8, 4) is 0 Å². The van der Waals surface area contributed by atoms with Gasteiger partial charge in [0.05, 0.1) is 10.2 Å². The smallest absolute Gasteiger partial charge is 0.225 e. The van der Waals surface area contributed by atoms with Crippen molar-refractivity contribution < 1.29 is 13.2 Å². The second kappa shape index (κ2) is 6.49. The van der Waals surface area contributed by atoms with E-state index in [2.05, 4.69) is 39.7 Å². The molecule has 2 aliphatic carbocycles. The molecule has 4 rings (SSSR count). The van der Waals surface area contributed by atoms with Crippen LogP contribution in [0.4, 0.5) is 5.95 Å². The molecule has 9 heteroatoms. The minimum atomic E-state index is -3.49.